The summed E-state index contributed by atoms with van der Waals surface area (Å²) >= 11 is 17.9. The van der Waals surface area contributed by atoms with Gasteiger partial charge in [-0.15, -0.1) is 0 Å². The molecule has 6 heteroatoms. The topological polar surface area (TPSA) is 41.6 Å². The number of halogens is 3. The maximum absolute atomic E-state index is 8.76. The number of nitriles is 1. The van der Waals surface area contributed by atoms with E-state index in [0.29, 0.717) is 15.7 Å². The lowest BCUT2D eigenvalue weighted by Gasteiger charge is -2.06. The first-order chi connectivity index (χ1) is 7.65. The van der Waals surface area contributed by atoms with E-state index in [9.17, 15) is 0 Å². The van der Waals surface area contributed by atoms with E-state index in [2.05, 4.69) is 5.10 Å². The van der Waals surface area contributed by atoms with Gasteiger partial charge in [0.1, 0.15) is 11.6 Å². The predicted molar refractivity (Wildman–Crippen MR) is 63.3 cm³/mol. The molecule has 0 spiro atoms. The van der Waals surface area contributed by atoms with Crippen molar-refractivity contribution in [1.29, 1.82) is 5.26 Å². The van der Waals surface area contributed by atoms with Crippen LogP contribution in [-0.2, 0) is 0 Å². The van der Waals surface area contributed by atoms with E-state index in [1.54, 1.807) is 18.2 Å². The minimum Gasteiger partial charge on any atom is -0.219 e. The van der Waals surface area contributed by atoms with Crippen molar-refractivity contribution >= 4 is 34.8 Å². The molecule has 1 aromatic heterocycles. The Morgan fingerprint density at radius 1 is 1.25 bits per heavy atom. The van der Waals surface area contributed by atoms with E-state index in [0.717, 1.165) is 0 Å². The second-order valence-electron chi connectivity index (χ2n) is 2.95. The van der Waals surface area contributed by atoms with Gasteiger partial charge in [-0.05, 0) is 12.1 Å². The SMILES string of the molecule is N#Cc1cnn(-c2cccc(Cl)c2Cl)c1Cl. The summed E-state index contributed by atoms with van der Waals surface area (Å²) in [6, 6.07) is 7.04. The molecule has 3 nitrogen and oxygen atoms in total. The highest BCUT2D eigenvalue weighted by atomic mass is 35.5. The lowest BCUT2D eigenvalue weighted by molar-refractivity contribution is 0.881. The summed E-state index contributed by atoms with van der Waals surface area (Å²) in [7, 11) is 0. The molecule has 0 unspecified atom stereocenters. The summed E-state index contributed by atoms with van der Waals surface area (Å²) in [5.41, 5.74) is 0.832. The van der Waals surface area contributed by atoms with Crippen LogP contribution in [0.25, 0.3) is 5.69 Å². The molecule has 0 aliphatic heterocycles. The average molecular weight is 273 g/mol. The van der Waals surface area contributed by atoms with Crippen LogP contribution in [0.15, 0.2) is 24.4 Å². The Morgan fingerprint density at radius 3 is 2.62 bits per heavy atom. The fraction of sp³-hybridized carbons (Fsp3) is 0. The van der Waals surface area contributed by atoms with Crippen LogP contribution in [0.5, 0.6) is 0 Å². The van der Waals surface area contributed by atoms with E-state index in [1.165, 1.54) is 10.9 Å². The molecule has 0 aliphatic rings. The number of benzene rings is 1. The standard InChI is InChI=1S/C10H4Cl3N3/c11-7-2-1-3-8(9(7)12)16-10(13)6(4-14)5-15-16/h1-3,5H. The van der Waals surface area contributed by atoms with E-state index in [1.807, 2.05) is 6.07 Å². The van der Waals surface area contributed by atoms with Crippen LogP contribution in [0.1, 0.15) is 5.56 Å². The highest BCUT2D eigenvalue weighted by molar-refractivity contribution is 6.43. The smallest absolute Gasteiger partial charge is 0.150 e. The summed E-state index contributed by atoms with van der Waals surface area (Å²) in [4.78, 5) is 0. The Labute approximate surface area is 107 Å². The van der Waals surface area contributed by atoms with Gasteiger partial charge in [-0.3, -0.25) is 0 Å². The molecule has 0 bridgehead atoms. The lowest BCUT2D eigenvalue weighted by atomic mass is 10.3. The summed E-state index contributed by atoms with van der Waals surface area (Å²) < 4.78 is 1.37. The molecule has 1 heterocycles. The third-order valence-corrected chi connectivity index (χ3v) is 3.16. The van der Waals surface area contributed by atoms with E-state index < -0.39 is 0 Å². The molecule has 0 radical (unpaired) electrons. The van der Waals surface area contributed by atoms with Crippen molar-refractivity contribution in [1.82, 2.24) is 9.78 Å². The van der Waals surface area contributed by atoms with Gasteiger partial charge in [-0.1, -0.05) is 40.9 Å². The van der Waals surface area contributed by atoms with Crippen LogP contribution in [0.3, 0.4) is 0 Å². The van der Waals surface area contributed by atoms with E-state index >= 15 is 0 Å². The van der Waals surface area contributed by atoms with Crippen LogP contribution < -0.4 is 0 Å². The largest absolute Gasteiger partial charge is 0.219 e. The van der Waals surface area contributed by atoms with Crippen molar-refractivity contribution in [2.24, 2.45) is 0 Å². The van der Waals surface area contributed by atoms with Gasteiger partial charge in [-0.25, -0.2) is 4.68 Å². The van der Waals surface area contributed by atoms with E-state index in [-0.39, 0.29) is 10.7 Å². The number of hydrogen-bond donors (Lipinski definition) is 0. The van der Waals surface area contributed by atoms with Gasteiger partial charge in [0.25, 0.3) is 0 Å². The minimum absolute atomic E-state index is 0.215. The third-order valence-electron chi connectivity index (χ3n) is 1.99. The molecule has 2 rings (SSSR count). The molecule has 0 saturated heterocycles. The van der Waals surface area contributed by atoms with Crippen LogP contribution in [0, 0.1) is 11.3 Å². The molecule has 0 atom stereocenters. The van der Waals surface area contributed by atoms with Gasteiger partial charge in [0, 0.05) is 0 Å². The van der Waals surface area contributed by atoms with Crippen molar-refractivity contribution in [2.75, 3.05) is 0 Å². The van der Waals surface area contributed by atoms with E-state index in [4.69, 9.17) is 40.1 Å². The fourth-order valence-electron chi connectivity index (χ4n) is 1.23. The molecule has 0 N–H and O–H groups in total. The van der Waals surface area contributed by atoms with Crippen molar-refractivity contribution in [3.05, 3.63) is 45.2 Å². The highest BCUT2D eigenvalue weighted by Gasteiger charge is 2.13. The molecular weight excluding hydrogens is 268 g/mol. The van der Waals surface area contributed by atoms with Crippen molar-refractivity contribution in [3.63, 3.8) is 0 Å². The summed E-state index contributed by atoms with van der Waals surface area (Å²) in [6.45, 7) is 0. The van der Waals surface area contributed by atoms with Crippen LogP contribution in [0.2, 0.25) is 15.2 Å². The molecule has 16 heavy (non-hydrogen) atoms. The average Bonchev–Trinajstić information content (AvgIpc) is 2.64. The molecular formula is C10H4Cl3N3. The maximum atomic E-state index is 8.76. The number of aromatic nitrogens is 2. The number of hydrogen-bond acceptors (Lipinski definition) is 2. The van der Waals surface area contributed by atoms with Gasteiger partial charge in [0.05, 0.1) is 21.9 Å². The minimum atomic E-state index is 0.215. The normalized spacial score (nSPS) is 10.1. The van der Waals surface area contributed by atoms with Gasteiger partial charge in [0.2, 0.25) is 0 Å². The Kier molecular flexibility index (Phi) is 3.06. The van der Waals surface area contributed by atoms with Crippen molar-refractivity contribution in [3.8, 4) is 11.8 Å². The zero-order chi connectivity index (χ0) is 11.7. The Hall–Kier alpha value is -1.21. The second-order valence-corrected chi connectivity index (χ2v) is 4.09. The van der Waals surface area contributed by atoms with Gasteiger partial charge in [0.15, 0.2) is 5.15 Å². The lowest BCUT2D eigenvalue weighted by Crippen LogP contribution is -1.97. The van der Waals surface area contributed by atoms with Gasteiger partial charge in [-0.2, -0.15) is 10.4 Å². The Bertz CT molecular complexity index is 583. The maximum Gasteiger partial charge on any atom is 0.150 e. The second kappa shape index (κ2) is 4.34. The summed E-state index contributed by atoms with van der Waals surface area (Å²) in [5.74, 6) is 0. The molecule has 2 aromatic rings. The molecule has 0 amide bonds. The molecule has 0 aliphatic carbocycles. The first-order valence-corrected chi connectivity index (χ1v) is 5.36. The molecule has 1 aromatic carbocycles. The Morgan fingerprint density at radius 2 is 2.00 bits per heavy atom. The van der Waals surface area contributed by atoms with Crippen molar-refractivity contribution in [2.45, 2.75) is 0 Å². The zero-order valence-corrected chi connectivity index (χ0v) is 10.1. The third kappa shape index (κ3) is 1.76. The number of nitrogens with zero attached hydrogens (tertiary/aromatic N) is 3. The molecule has 0 fully saturated rings. The van der Waals surface area contributed by atoms with Gasteiger partial charge < -0.3 is 0 Å². The molecule has 0 saturated carbocycles. The number of rotatable bonds is 1. The summed E-state index contributed by atoms with van der Waals surface area (Å²) in [6.07, 6.45) is 1.37. The van der Waals surface area contributed by atoms with Crippen LogP contribution in [-0.4, -0.2) is 9.78 Å². The highest BCUT2D eigenvalue weighted by Crippen LogP contribution is 2.30. The monoisotopic (exact) mass is 271 g/mol. The zero-order valence-electron chi connectivity index (χ0n) is 7.78. The molecule has 80 valence electrons. The Balaban J connectivity index is 2.64. The quantitative estimate of drug-likeness (QED) is 0.794. The van der Waals surface area contributed by atoms with Crippen LogP contribution in [0.4, 0.5) is 0 Å². The first-order valence-electron chi connectivity index (χ1n) is 4.23. The van der Waals surface area contributed by atoms with Gasteiger partial charge >= 0.3 is 0 Å². The fourth-order valence-corrected chi connectivity index (χ4v) is 1.83. The first kappa shape index (κ1) is 11.3. The van der Waals surface area contributed by atoms with Crippen molar-refractivity contribution < 1.29 is 0 Å². The van der Waals surface area contributed by atoms with Crippen LogP contribution >= 0.6 is 34.8 Å². The predicted octanol–water partition coefficient (Wildman–Crippen LogP) is 3.70. The summed E-state index contributed by atoms with van der Waals surface area (Å²) in [5, 5.41) is 13.7.